The van der Waals surface area contributed by atoms with Crippen LogP contribution >= 0.6 is 24.8 Å². The van der Waals surface area contributed by atoms with E-state index in [4.69, 9.17) is 4.99 Å². The Morgan fingerprint density at radius 1 is 0.905 bits per heavy atom. The number of hydrogen-bond acceptors (Lipinski definition) is 3. The third kappa shape index (κ3) is 2.61. The largest absolute Gasteiger partial charge is 0.354 e. The Hall–Kier alpha value is -1.29. The van der Waals surface area contributed by atoms with Crippen LogP contribution in [0.4, 0.5) is 5.69 Å². The number of piperazine rings is 1. The van der Waals surface area contributed by atoms with E-state index in [0.29, 0.717) is 0 Å². The van der Waals surface area contributed by atoms with Gasteiger partial charge in [-0.25, -0.2) is 4.99 Å². The Balaban J connectivity index is 0.000000807. The molecular formula is C16H19Cl2N3. The van der Waals surface area contributed by atoms with Gasteiger partial charge in [-0.15, -0.1) is 24.8 Å². The fourth-order valence-electron chi connectivity index (χ4n) is 3.03. The van der Waals surface area contributed by atoms with Crippen molar-refractivity contribution in [2.45, 2.75) is 0 Å². The SMILES string of the molecule is CN1CCN(C2=Nc3cccc4cccc2c34)CC1.Cl.Cl. The maximum absolute atomic E-state index is 4.87. The van der Waals surface area contributed by atoms with Gasteiger partial charge < -0.3 is 9.80 Å². The van der Waals surface area contributed by atoms with E-state index in [1.807, 2.05) is 0 Å². The number of halogens is 2. The van der Waals surface area contributed by atoms with Crippen LogP contribution in [0.25, 0.3) is 10.8 Å². The second-order valence-electron chi connectivity index (χ2n) is 5.41. The summed E-state index contributed by atoms with van der Waals surface area (Å²) in [5.41, 5.74) is 2.43. The highest BCUT2D eigenvalue weighted by Gasteiger charge is 2.24. The molecule has 3 nitrogen and oxygen atoms in total. The number of nitrogens with zero attached hydrogens (tertiary/aromatic N) is 3. The van der Waals surface area contributed by atoms with E-state index in [2.05, 4.69) is 53.2 Å². The van der Waals surface area contributed by atoms with Crippen molar-refractivity contribution in [2.75, 3.05) is 33.2 Å². The third-order valence-electron chi connectivity index (χ3n) is 4.15. The maximum atomic E-state index is 4.87. The van der Waals surface area contributed by atoms with Gasteiger partial charge in [-0.1, -0.05) is 30.3 Å². The Labute approximate surface area is 137 Å². The number of amidine groups is 1. The Morgan fingerprint density at radius 3 is 2.29 bits per heavy atom. The van der Waals surface area contributed by atoms with Crippen molar-refractivity contribution in [1.29, 1.82) is 0 Å². The van der Waals surface area contributed by atoms with Crippen molar-refractivity contribution in [2.24, 2.45) is 4.99 Å². The molecule has 0 N–H and O–H groups in total. The topological polar surface area (TPSA) is 18.8 Å². The normalized spacial score (nSPS) is 17.2. The van der Waals surface area contributed by atoms with Gasteiger partial charge in [-0.2, -0.15) is 0 Å². The van der Waals surface area contributed by atoms with Gasteiger partial charge >= 0.3 is 0 Å². The van der Waals surface area contributed by atoms with E-state index in [1.165, 1.54) is 22.2 Å². The fraction of sp³-hybridized carbons (Fsp3) is 0.312. The predicted octanol–water partition coefficient (Wildman–Crippen LogP) is 3.32. The van der Waals surface area contributed by atoms with Crippen LogP contribution in [0.15, 0.2) is 41.4 Å². The molecule has 112 valence electrons. The van der Waals surface area contributed by atoms with Crippen LogP contribution in [-0.4, -0.2) is 48.9 Å². The van der Waals surface area contributed by atoms with Gasteiger partial charge in [0, 0.05) is 37.1 Å². The summed E-state index contributed by atoms with van der Waals surface area (Å²) < 4.78 is 0. The fourth-order valence-corrected chi connectivity index (χ4v) is 3.03. The molecule has 0 saturated carbocycles. The Kier molecular flexibility index (Phi) is 4.77. The zero-order chi connectivity index (χ0) is 12.8. The summed E-state index contributed by atoms with van der Waals surface area (Å²) in [6, 6.07) is 12.9. The van der Waals surface area contributed by atoms with Crippen LogP contribution < -0.4 is 0 Å². The number of aliphatic imine (C=N–C) groups is 1. The Morgan fingerprint density at radius 2 is 1.57 bits per heavy atom. The highest BCUT2D eigenvalue weighted by molar-refractivity contribution is 6.18. The molecule has 0 spiro atoms. The number of rotatable bonds is 0. The van der Waals surface area contributed by atoms with Gasteiger partial charge in [0.1, 0.15) is 5.84 Å². The van der Waals surface area contributed by atoms with Crippen molar-refractivity contribution in [3.8, 4) is 0 Å². The molecule has 0 aliphatic carbocycles. The van der Waals surface area contributed by atoms with Crippen LogP contribution in [0, 0.1) is 0 Å². The lowest BCUT2D eigenvalue weighted by Gasteiger charge is -2.34. The minimum Gasteiger partial charge on any atom is -0.354 e. The first-order valence-electron chi connectivity index (χ1n) is 6.87. The molecule has 2 heterocycles. The average molecular weight is 324 g/mol. The summed E-state index contributed by atoms with van der Waals surface area (Å²) in [5.74, 6) is 1.17. The van der Waals surface area contributed by atoms with Crippen molar-refractivity contribution >= 4 is 47.1 Å². The molecule has 0 aromatic heterocycles. The second-order valence-corrected chi connectivity index (χ2v) is 5.41. The Bertz CT molecular complexity index is 671. The predicted molar refractivity (Wildman–Crippen MR) is 93.7 cm³/mol. The van der Waals surface area contributed by atoms with Gasteiger partial charge in [0.25, 0.3) is 0 Å². The first kappa shape index (κ1) is 16.1. The molecule has 5 heteroatoms. The molecule has 1 saturated heterocycles. The number of likely N-dealkylation sites (N-methyl/N-ethyl adjacent to an activating group) is 1. The number of benzene rings is 2. The molecule has 2 aromatic carbocycles. The molecule has 0 bridgehead atoms. The molecule has 21 heavy (non-hydrogen) atoms. The molecule has 0 atom stereocenters. The quantitative estimate of drug-likeness (QED) is 0.740. The summed E-state index contributed by atoms with van der Waals surface area (Å²) in [6.07, 6.45) is 0. The second kappa shape index (κ2) is 6.22. The van der Waals surface area contributed by atoms with Crippen molar-refractivity contribution < 1.29 is 0 Å². The standard InChI is InChI=1S/C16H17N3.2ClH/c1-18-8-10-19(11-9-18)16-13-6-2-4-12-5-3-7-14(17-16)15(12)13;;/h2-7H,8-11H2,1H3;2*1H. The monoisotopic (exact) mass is 323 g/mol. The van der Waals surface area contributed by atoms with E-state index < -0.39 is 0 Å². The van der Waals surface area contributed by atoms with Gasteiger partial charge in [-0.3, -0.25) is 0 Å². The molecule has 0 unspecified atom stereocenters. The summed E-state index contributed by atoms with van der Waals surface area (Å²) >= 11 is 0. The molecule has 2 aliphatic heterocycles. The lowest BCUT2D eigenvalue weighted by molar-refractivity contribution is 0.216. The first-order valence-corrected chi connectivity index (χ1v) is 6.87. The van der Waals surface area contributed by atoms with Gasteiger partial charge in [0.2, 0.25) is 0 Å². The minimum atomic E-state index is 0. The zero-order valence-electron chi connectivity index (χ0n) is 12.0. The summed E-state index contributed by atoms with van der Waals surface area (Å²) in [7, 11) is 2.18. The van der Waals surface area contributed by atoms with Crippen molar-refractivity contribution in [1.82, 2.24) is 9.80 Å². The van der Waals surface area contributed by atoms with E-state index >= 15 is 0 Å². The van der Waals surface area contributed by atoms with Crippen LogP contribution in [-0.2, 0) is 0 Å². The van der Waals surface area contributed by atoms with E-state index in [0.717, 1.165) is 31.9 Å². The van der Waals surface area contributed by atoms with Crippen LogP contribution in [0.2, 0.25) is 0 Å². The molecule has 0 radical (unpaired) electrons. The molecular weight excluding hydrogens is 305 g/mol. The van der Waals surface area contributed by atoms with Crippen LogP contribution in [0.3, 0.4) is 0 Å². The van der Waals surface area contributed by atoms with Gasteiger partial charge in [0.15, 0.2) is 0 Å². The smallest absolute Gasteiger partial charge is 0.137 e. The average Bonchev–Trinajstić information content (AvgIpc) is 2.82. The van der Waals surface area contributed by atoms with E-state index in [9.17, 15) is 0 Å². The lowest BCUT2D eigenvalue weighted by Crippen LogP contribution is -2.47. The summed E-state index contributed by atoms with van der Waals surface area (Å²) in [4.78, 5) is 9.67. The highest BCUT2D eigenvalue weighted by atomic mass is 35.5. The van der Waals surface area contributed by atoms with Gasteiger partial charge in [0.05, 0.1) is 5.69 Å². The van der Waals surface area contributed by atoms with E-state index in [-0.39, 0.29) is 24.8 Å². The van der Waals surface area contributed by atoms with Crippen molar-refractivity contribution in [3.05, 3.63) is 42.0 Å². The van der Waals surface area contributed by atoms with Crippen LogP contribution in [0.1, 0.15) is 5.56 Å². The number of hydrogen-bond donors (Lipinski definition) is 0. The molecule has 0 amide bonds. The van der Waals surface area contributed by atoms with Crippen LogP contribution in [0.5, 0.6) is 0 Å². The minimum absolute atomic E-state index is 0. The molecule has 1 fully saturated rings. The van der Waals surface area contributed by atoms with Crippen molar-refractivity contribution in [3.63, 3.8) is 0 Å². The summed E-state index contributed by atoms with van der Waals surface area (Å²) in [5, 5.41) is 2.61. The molecule has 2 aromatic rings. The zero-order valence-corrected chi connectivity index (χ0v) is 13.6. The molecule has 4 rings (SSSR count). The summed E-state index contributed by atoms with van der Waals surface area (Å²) in [6.45, 7) is 4.37. The lowest BCUT2D eigenvalue weighted by atomic mass is 10.0. The third-order valence-corrected chi connectivity index (χ3v) is 4.15. The molecule has 2 aliphatic rings. The highest BCUT2D eigenvalue weighted by Crippen LogP contribution is 2.36. The van der Waals surface area contributed by atoms with Gasteiger partial charge in [-0.05, 0) is 18.5 Å². The first-order chi connectivity index (χ1) is 9.33. The van der Waals surface area contributed by atoms with E-state index in [1.54, 1.807) is 0 Å². The maximum Gasteiger partial charge on any atom is 0.137 e.